The Labute approximate surface area is 230 Å². The van der Waals surface area contributed by atoms with E-state index in [1.807, 2.05) is 5.32 Å². The van der Waals surface area contributed by atoms with Gasteiger partial charge >= 0.3 is 24.4 Å². The molecule has 0 radical (unpaired) electrons. The lowest BCUT2D eigenvalue weighted by Gasteiger charge is -2.19. The predicted molar refractivity (Wildman–Crippen MR) is 127 cm³/mol. The predicted octanol–water partition coefficient (Wildman–Crippen LogP) is 7.78. The second-order valence-electron chi connectivity index (χ2n) is 7.96. The van der Waals surface area contributed by atoms with Crippen LogP contribution in [0.25, 0.3) is 6.08 Å². The SMILES string of the molecule is CN(CCNC(=O)c1ccc(/C=C/C(c2cc(Cl)c(Cl)c(Cl)c2)C(F)(F)F)cc1C(F)(F)F)C(=O)C(F)(F)F. The van der Waals surface area contributed by atoms with Crippen LogP contribution in [0.15, 0.2) is 36.4 Å². The van der Waals surface area contributed by atoms with Gasteiger partial charge in [-0.25, -0.2) is 0 Å². The summed E-state index contributed by atoms with van der Waals surface area (Å²) in [6.07, 6.45) is -13.9. The Morgan fingerprint density at radius 1 is 0.949 bits per heavy atom. The molecule has 0 aliphatic carbocycles. The summed E-state index contributed by atoms with van der Waals surface area (Å²) >= 11 is 17.4. The summed E-state index contributed by atoms with van der Waals surface area (Å²) < 4.78 is 119. The fourth-order valence-electron chi connectivity index (χ4n) is 3.22. The average Bonchev–Trinajstić information content (AvgIpc) is 2.79. The highest BCUT2D eigenvalue weighted by molar-refractivity contribution is 6.48. The Morgan fingerprint density at radius 2 is 1.51 bits per heavy atom. The molecule has 0 spiro atoms. The largest absolute Gasteiger partial charge is 0.471 e. The molecule has 2 aromatic carbocycles. The number of hydrogen-bond donors (Lipinski definition) is 1. The summed E-state index contributed by atoms with van der Waals surface area (Å²) in [5.74, 6) is -5.88. The number of hydrogen-bond acceptors (Lipinski definition) is 2. The van der Waals surface area contributed by atoms with Crippen molar-refractivity contribution in [1.29, 1.82) is 0 Å². The number of likely N-dealkylation sites (N-methyl/N-ethyl adjacent to an activating group) is 1. The minimum Gasteiger partial charge on any atom is -0.350 e. The van der Waals surface area contributed by atoms with Gasteiger partial charge in [-0.1, -0.05) is 53.0 Å². The number of benzene rings is 2. The van der Waals surface area contributed by atoms with Crippen LogP contribution < -0.4 is 5.32 Å². The number of carbonyl (C=O) groups is 2. The topological polar surface area (TPSA) is 49.4 Å². The van der Waals surface area contributed by atoms with E-state index in [0.717, 1.165) is 31.3 Å². The van der Waals surface area contributed by atoms with Crippen LogP contribution in [-0.2, 0) is 11.0 Å². The van der Waals surface area contributed by atoms with Crippen molar-refractivity contribution in [1.82, 2.24) is 10.2 Å². The van der Waals surface area contributed by atoms with Crippen LogP contribution in [0.3, 0.4) is 0 Å². The molecule has 4 nitrogen and oxygen atoms in total. The van der Waals surface area contributed by atoms with E-state index >= 15 is 0 Å². The molecule has 0 aromatic heterocycles. The van der Waals surface area contributed by atoms with Gasteiger partial charge in [0.15, 0.2) is 0 Å². The third kappa shape index (κ3) is 8.67. The van der Waals surface area contributed by atoms with E-state index in [4.69, 9.17) is 34.8 Å². The van der Waals surface area contributed by atoms with Gasteiger partial charge in [0.1, 0.15) is 0 Å². The van der Waals surface area contributed by atoms with Gasteiger partial charge in [-0.05, 0) is 35.4 Å². The summed E-state index contributed by atoms with van der Waals surface area (Å²) in [5, 5.41) is 1.24. The Hall–Kier alpha value is -2.64. The zero-order chi connectivity index (χ0) is 29.9. The minimum absolute atomic E-state index is 0.186. The lowest BCUT2D eigenvalue weighted by atomic mass is 9.96. The molecule has 39 heavy (non-hydrogen) atoms. The summed E-state index contributed by atoms with van der Waals surface area (Å²) in [7, 11) is 0.782. The molecule has 2 amide bonds. The second-order valence-corrected chi connectivity index (χ2v) is 9.15. The number of rotatable bonds is 7. The van der Waals surface area contributed by atoms with Crippen LogP contribution >= 0.6 is 34.8 Å². The summed E-state index contributed by atoms with van der Waals surface area (Å²) in [4.78, 5) is 23.6. The maximum absolute atomic E-state index is 13.7. The molecule has 0 saturated carbocycles. The van der Waals surface area contributed by atoms with Gasteiger partial charge in [0.25, 0.3) is 5.91 Å². The quantitative estimate of drug-likeness (QED) is 0.251. The first-order chi connectivity index (χ1) is 17.7. The highest BCUT2D eigenvalue weighted by atomic mass is 35.5. The highest BCUT2D eigenvalue weighted by Crippen LogP contribution is 2.41. The van der Waals surface area contributed by atoms with Crippen LogP contribution in [-0.4, -0.2) is 49.2 Å². The fraction of sp³-hybridized carbons (Fsp3) is 0.304. The first kappa shape index (κ1) is 32.6. The zero-order valence-corrected chi connectivity index (χ0v) is 21.6. The van der Waals surface area contributed by atoms with E-state index < -0.39 is 66.0 Å². The first-order valence-corrected chi connectivity index (χ1v) is 11.6. The Kier molecular flexibility index (Phi) is 10.2. The van der Waals surface area contributed by atoms with Crippen molar-refractivity contribution in [3.63, 3.8) is 0 Å². The molecule has 214 valence electrons. The molecule has 16 heteroatoms. The van der Waals surface area contributed by atoms with Crippen molar-refractivity contribution in [2.75, 3.05) is 20.1 Å². The standard InChI is InChI=1S/C23H16Cl3F9N2O2/c1-37(20(39)23(33,34)35)7-6-36-19(38)13-4-2-11(8-15(13)22(30,31)32)3-5-14(21(27,28)29)12-9-16(24)18(26)17(25)10-12/h2-5,8-10,14H,6-7H2,1H3,(H,36,38)/b5-3+. The number of allylic oxidation sites excluding steroid dienone is 1. The van der Waals surface area contributed by atoms with Gasteiger partial charge in [0.2, 0.25) is 0 Å². The Bertz CT molecular complexity index is 1240. The lowest BCUT2D eigenvalue weighted by Crippen LogP contribution is -2.42. The smallest absolute Gasteiger partial charge is 0.350 e. The molecule has 1 unspecified atom stereocenters. The van der Waals surface area contributed by atoms with E-state index in [2.05, 4.69) is 0 Å². The van der Waals surface area contributed by atoms with Crippen LogP contribution in [0.5, 0.6) is 0 Å². The Balaban J connectivity index is 2.32. The summed E-state index contributed by atoms with van der Waals surface area (Å²) in [5.41, 5.74) is -3.23. The third-order valence-corrected chi connectivity index (χ3v) is 6.31. The molecule has 0 heterocycles. The fourth-order valence-corrected chi connectivity index (χ4v) is 3.83. The summed E-state index contributed by atoms with van der Waals surface area (Å²) in [6, 6.07) is 3.88. The van der Waals surface area contributed by atoms with Crippen molar-refractivity contribution in [3.8, 4) is 0 Å². The van der Waals surface area contributed by atoms with Crippen molar-refractivity contribution >= 4 is 52.7 Å². The van der Waals surface area contributed by atoms with Crippen molar-refractivity contribution in [3.05, 3.63) is 73.7 Å². The maximum atomic E-state index is 13.7. The van der Waals surface area contributed by atoms with Crippen LogP contribution in [0, 0.1) is 0 Å². The van der Waals surface area contributed by atoms with Gasteiger partial charge in [0, 0.05) is 20.1 Å². The number of alkyl halides is 9. The molecule has 2 rings (SSSR count). The number of nitrogens with one attached hydrogen (secondary N) is 1. The number of amides is 2. The van der Waals surface area contributed by atoms with Gasteiger partial charge in [-0.15, -0.1) is 0 Å². The van der Waals surface area contributed by atoms with Gasteiger partial charge < -0.3 is 10.2 Å². The molecule has 2 aromatic rings. The molecule has 1 N–H and O–H groups in total. The van der Waals surface area contributed by atoms with Crippen molar-refractivity contribution in [2.24, 2.45) is 0 Å². The molecule has 0 bridgehead atoms. The monoisotopic (exact) mass is 628 g/mol. The van der Waals surface area contributed by atoms with E-state index in [0.29, 0.717) is 18.2 Å². The zero-order valence-electron chi connectivity index (χ0n) is 19.3. The highest BCUT2D eigenvalue weighted by Gasteiger charge is 2.41. The molecule has 0 aliphatic rings. The van der Waals surface area contributed by atoms with E-state index in [1.165, 1.54) is 0 Å². The first-order valence-electron chi connectivity index (χ1n) is 10.4. The lowest BCUT2D eigenvalue weighted by molar-refractivity contribution is -0.183. The molecular weight excluding hydrogens is 614 g/mol. The second kappa shape index (κ2) is 12.3. The van der Waals surface area contributed by atoms with Crippen LogP contribution in [0.4, 0.5) is 39.5 Å². The van der Waals surface area contributed by atoms with Gasteiger partial charge in [-0.3, -0.25) is 9.59 Å². The van der Waals surface area contributed by atoms with Crippen molar-refractivity contribution in [2.45, 2.75) is 24.4 Å². The molecule has 0 aliphatic heterocycles. The van der Waals surface area contributed by atoms with Crippen molar-refractivity contribution < 1.29 is 49.1 Å². The normalized spacial score (nSPS) is 13.5. The number of halogens is 12. The maximum Gasteiger partial charge on any atom is 0.471 e. The van der Waals surface area contributed by atoms with E-state index in [9.17, 15) is 49.1 Å². The number of carbonyl (C=O) groups excluding carboxylic acids is 2. The van der Waals surface area contributed by atoms with E-state index in [1.54, 1.807) is 0 Å². The van der Waals surface area contributed by atoms with Crippen LogP contribution in [0.2, 0.25) is 15.1 Å². The Morgan fingerprint density at radius 3 is 2.00 bits per heavy atom. The van der Waals surface area contributed by atoms with Gasteiger partial charge in [-0.2, -0.15) is 39.5 Å². The summed E-state index contributed by atoms with van der Waals surface area (Å²) in [6.45, 7) is -1.28. The number of nitrogens with zero attached hydrogens (tertiary/aromatic N) is 1. The molecular formula is C23H16Cl3F9N2O2. The molecule has 1 atom stereocenters. The third-order valence-electron chi connectivity index (χ3n) is 5.11. The van der Waals surface area contributed by atoms with E-state index in [-0.39, 0.29) is 25.5 Å². The minimum atomic E-state index is -5.18. The molecule has 0 fully saturated rings. The van der Waals surface area contributed by atoms with Gasteiger partial charge in [0.05, 0.1) is 32.1 Å². The average molecular weight is 630 g/mol. The van der Waals surface area contributed by atoms with Crippen LogP contribution in [0.1, 0.15) is 33.0 Å². The molecule has 0 saturated heterocycles.